The highest BCUT2D eigenvalue weighted by molar-refractivity contribution is 6.32. The van der Waals surface area contributed by atoms with E-state index in [1.165, 1.54) is 5.69 Å². The van der Waals surface area contributed by atoms with Crippen LogP contribution in [0.5, 0.6) is 0 Å². The van der Waals surface area contributed by atoms with E-state index in [9.17, 15) is 4.79 Å². The molecule has 2 amide bonds. The van der Waals surface area contributed by atoms with E-state index in [-0.39, 0.29) is 6.03 Å². The first-order valence-corrected chi connectivity index (χ1v) is 11.5. The topological polar surface area (TPSA) is 79.4 Å². The molecule has 1 aliphatic heterocycles. The van der Waals surface area contributed by atoms with E-state index in [2.05, 4.69) is 22.3 Å². The molecule has 1 aromatic heterocycles. The number of para-hydroxylation sites is 2. The Hall–Kier alpha value is -3.97. The Bertz CT molecular complexity index is 1280. The van der Waals surface area contributed by atoms with E-state index >= 15 is 0 Å². The number of benzene rings is 3. The third kappa shape index (κ3) is 4.30. The first-order valence-electron chi connectivity index (χ1n) is 11.2. The van der Waals surface area contributed by atoms with Gasteiger partial charge in [-0.05, 0) is 24.3 Å². The van der Waals surface area contributed by atoms with Crippen LogP contribution in [0.25, 0.3) is 16.9 Å². The van der Waals surface area contributed by atoms with Gasteiger partial charge in [0.1, 0.15) is 11.4 Å². The second kappa shape index (κ2) is 9.49. The average molecular weight is 473 g/mol. The maximum Gasteiger partial charge on any atom is 0.322 e. The standard InChI is InChI=1S/C26H25ClN6O/c27-21-13-7-8-14-22(21)33-25(28)24(23(30-33)19-9-3-1-4-10-19)29-26(34)32-17-15-31(16-18-32)20-11-5-2-6-12-20/h1-14H,15-18,28H2,(H,29,34). The van der Waals surface area contributed by atoms with Crippen molar-refractivity contribution in [1.82, 2.24) is 14.7 Å². The smallest absolute Gasteiger partial charge is 0.322 e. The van der Waals surface area contributed by atoms with Crippen molar-refractivity contribution in [3.63, 3.8) is 0 Å². The fourth-order valence-corrected chi connectivity index (χ4v) is 4.37. The van der Waals surface area contributed by atoms with Crippen molar-refractivity contribution in [3.05, 3.63) is 90.0 Å². The maximum absolute atomic E-state index is 13.2. The maximum atomic E-state index is 13.2. The fraction of sp³-hybridized carbons (Fsp3) is 0.154. The Morgan fingerprint density at radius 2 is 1.47 bits per heavy atom. The van der Waals surface area contributed by atoms with Gasteiger partial charge in [0.05, 0.1) is 10.7 Å². The molecule has 3 N–H and O–H groups in total. The number of carbonyl (C=O) groups excluding carboxylic acids is 1. The summed E-state index contributed by atoms with van der Waals surface area (Å²) in [6, 6.07) is 27.0. The first kappa shape index (κ1) is 21.9. The lowest BCUT2D eigenvalue weighted by atomic mass is 10.1. The third-order valence-corrected chi connectivity index (χ3v) is 6.29. The Kier molecular flexibility index (Phi) is 6.10. The Labute approximate surface area is 203 Å². The second-order valence-electron chi connectivity index (χ2n) is 8.08. The van der Waals surface area contributed by atoms with Crippen LogP contribution in [0.1, 0.15) is 0 Å². The molecule has 0 radical (unpaired) electrons. The van der Waals surface area contributed by atoms with Gasteiger partial charge in [-0.25, -0.2) is 9.48 Å². The predicted molar refractivity (Wildman–Crippen MR) is 138 cm³/mol. The van der Waals surface area contributed by atoms with Crippen molar-refractivity contribution >= 4 is 34.8 Å². The van der Waals surface area contributed by atoms with Crippen LogP contribution in [0.15, 0.2) is 84.9 Å². The predicted octanol–water partition coefficient (Wildman–Crippen LogP) is 5.13. The van der Waals surface area contributed by atoms with Gasteiger partial charge in [0.15, 0.2) is 5.82 Å². The summed E-state index contributed by atoms with van der Waals surface area (Å²) in [6.45, 7) is 2.74. The van der Waals surface area contributed by atoms with E-state index in [1.807, 2.05) is 66.7 Å². The molecule has 0 spiro atoms. The van der Waals surface area contributed by atoms with Gasteiger partial charge in [-0.15, -0.1) is 0 Å². The fourth-order valence-electron chi connectivity index (χ4n) is 4.15. The molecule has 8 heteroatoms. The van der Waals surface area contributed by atoms with Crippen LogP contribution in [0.4, 0.5) is 22.0 Å². The zero-order valence-electron chi connectivity index (χ0n) is 18.6. The minimum absolute atomic E-state index is 0.199. The number of aromatic nitrogens is 2. The first-order chi connectivity index (χ1) is 16.6. The normalized spacial score (nSPS) is 13.7. The summed E-state index contributed by atoms with van der Waals surface area (Å²) >= 11 is 6.41. The van der Waals surface area contributed by atoms with E-state index in [0.29, 0.717) is 41.0 Å². The number of hydrogen-bond acceptors (Lipinski definition) is 4. The van der Waals surface area contributed by atoms with Gasteiger partial charge in [-0.1, -0.05) is 72.3 Å². The molecular weight excluding hydrogens is 448 g/mol. The second-order valence-corrected chi connectivity index (χ2v) is 8.49. The molecular formula is C26H25ClN6O. The number of anilines is 3. The monoisotopic (exact) mass is 472 g/mol. The number of halogens is 1. The van der Waals surface area contributed by atoms with Crippen molar-refractivity contribution < 1.29 is 4.79 Å². The van der Waals surface area contributed by atoms with Gasteiger partial charge < -0.3 is 20.9 Å². The molecule has 0 saturated carbocycles. The lowest BCUT2D eigenvalue weighted by Crippen LogP contribution is -2.50. The SMILES string of the molecule is Nc1c(NC(=O)N2CCN(c3ccccc3)CC2)c(-c2ccccc2)nn1-c1ccccc1Cl. The quantitative estimate of drug-likeness (QED) is 0.431. The zero-order valence-corrected chi connectivity index (χ0v) is 19.3. The molecule has 34 heavy (non-hydrogen) atoms. The average Bonchev–Trinajstić information content (AvgIpc) is 3.21. The molecule has 1 fully saturated rings. The highest BCUT2D eigenvalue weighted by Crippen LogP contribution is 2.35. The van der Waals surface area contributed by atoms with E-state index < -0.39 is 0 Å². The minimum Gasteiger partial charge on any atom is -0.382 e. The van der Waals surface area contributed by atoms with Crippen molar-refractivity contribution in [3.8, 4) is 16.9 Å². The van der Waals surface area contributed by atoms with Crippen LogP contribution in [0.3, 0.4) is 0 Å². The number of nitrogens with one attached hydrogen (secondary N) is 1. The largest absolute Gasteiger partial charge is 0.382 e. The summed E-state index contributed by atoms with van der Waals surface area (Å²) in [7, 11) is 0. The number of rotatable bonds is 4. The lowest BCUT2D eigenvalue weighted by molar-refractivity contribution is 0.208. The molecule has 2 heterocycles. The Balaban J connectivity index is 1.41. The van der Waals surface area contributed by atoms with Gasteiger partial charge >= 0.3 is 6.03 Å². The number of amides is 2. The molecule has 1 aliphatic rings. The van der Waals surface area contributed by atoms with Crippen molar-refractivity contribution in [1.29, 1.82) is 0 Å². The van der Waals surface area contributed by atoms with Gasteiger partial charge in [0.25, 0.3) is 0 Å². The number of nitrogen functional groups attached to an aromatic ring is 1. The van der Waals surface area contributed by atoms with Crippen LogP contribution >= 0.6 is 11.6 Å². The number of carbonyl (C=O) groups is 1. The molecule has 1 saturated heterocycles. The van der Waals surface area contributed by atoms with Gasteiger partial charge in [-0.2, -0.15) is 5.10 Å². The van der Waals surface area contributed by atoms with Crippen LogP contribution < -0.4 is 16.0 Å². The number of hydrogen-bond donors (Lipinski definition) is 2. The van der Waals surface area contributed by atoms with Crippen LogP contribution in [0, 0.1) is 0 Å². The third-order valence-electron chi connectivity index (χ3n) is 5.97. The lowest BCUT2D eigenvalue weighted by Gasteiger charge is -2.36. The summed E-state index contributed by atoms with van der Waals surface area (Å²) < 4.78 is 1.58. The van der Waals surface area contributed by atoms with Crippen LogP contribution in [-0.2, 0) is 0 Å². The number of nitrogens with two attached hydrogens (primary N) is 1. The van der Waals surface area contributed by atoms with Crippen LogP contribution in [-0.4, -0.2) is 46.9 Å². The molecule has 0 atom stereocenters. The Morgan fingerprint density at radius 1 is 0.853 bits per heavy atom. The van der Waals surface area contributed by atoms with Crippen molar-refractivity contribution in [2.75, 3.05) is 42.1 Å². The van der Waals surface area contributed by atoms with Gasteiger partial charge in [-0.3, -0.25) is 0 Å². The molecule has 0 unspecified atom stereocenters. The Morgan fingerprint density at radius 3 is 2.15 bits per heavy atom. The van der Waals surface area contributed by atoms with Crippen molar-refractivity contribution in [2.45, 2.75) is 0 Å². The van der Waals surface area contributed by atoms with E-state index in [1.54, 1.807) is 15.6 Å². The van der Waals surface area contributed by atoms with E-state index in [4.69, 9.17) is 22.4 Å². The van der Waals surface area contributed by atoms with Gasteiger partial charge in [0.2, 0.25) is 0 Å². The molecule has 172 valence electrons. The minimum atomic E-state index is -0.199. The summed E-state index contributed by atoms with van der Waals surface area (Å²) in [4.78, 5) is 17.3. The van der Waals surface area contributed by atoms with Crippen LogP contribution in [0.2, 0.25) is 5.02 Å². The van der Waals surface area contributed by atoms with Gasteiger partial charge in [0, 0.05) is 37.4 Å². The number of piperazine rings is 1. The molecule has 0 aliphatic carbocycles. The highest BCUT2D eigenvalue weighted by atomic mass is 35.5. The molecule has 7 nitrogen and oxygen atoms in total. The summed E-state index contributed by atoms with van der Waals surface area (Å²) in [6.07, 6.45) is 0. The van der Waals surface area contributed by atoms with E-state index in [0.717, 1.165) is 18.7 Å². The zero-order chi connectivity index (χ0) is 23.5. The molecule has 0 bridgehead atoms. The summed E-state index contributed by atoms with van der Waals surface area (Å²) in [5.74, 6) is 0.322. The number of nitrogens with zero attached hydrogens (tertiary/aromatic N) is 4. The highest BCUT2D eigenvalue weighted by Gasteiger charge is 2.25. The summed E-state index contributed by atoms with van der Waals surface area (Å²) in [5, 5.41) is 8.27. The molecule has 5 rings (SSSR count). The molecule has 3 aromatic carbocycles. The summed E-state index contributed by atoms with van der Waals surface area (Å²) in [5.41, 5.74) is 10.3. The van der Waals surface area contributed by atoms with Crippen molar-refractivity contribution in [2.24, 2.45) is 0 Å². The molecule has 4 aromatic rings. The number of urea groups is 1.